The van der Waals surface area contributed by atoms with Crippen molar-refractivity contribution in [3.8, 4) is 0 Å². The molecule has 25 heavy (non-hydrogen) atoms. The van der Waals surface area contributed by atoms with E-state index in [1.165, 1.54) is 24.3 Å². The summed E-state index contributed by atoms with van der Waals surface area (Å²) in [5.41, 5.74) is -0.0140. The van der Waals surface area contributed by atoms with Crippen LogP contribution in [0.25, 0.3) is 0 Å². The normalized spacial score (nSPS) is 17.0. The summed E-state index contributed by atoms with van der Waals surface area (Å²) < 4.78 is 29.3. The molecule has 1 unspecified atom stereocenters. The highest BCUT2D eigenvalue weighted by atomic mass is 19.1. The minimum atomic E-state index is -0.553. The van der Waals surface area contributed by atoms with Gasteiger partial charge >= 0.3 is 0 Å². The molecule has 0 N–H and O–H groups in total. The summed E-state index contributed by atoms with van der Waals surface area (Å²) in [6.45, 7) is 1.31. The number of aryl methyl sites for hydroxylation is 1. The van der Waals surface area contributed by atoms with E-state index in [2.05, 4.69) is 0 Å². The summed E-state index contributed by atoms with van der Waals surface area (Å²) >= 11 is 0. The topological polar surface area (TPSA) is 42.3 Å². The minimum Gasteiger partial charge on any atom is -0.342 e. The monoisotopic (exact) mass is 346 g/mol. The molecule has 0 aliphatic carbocycles. The highest BCUT2D eigenvalue weighted by Gasteiger charge is 2.30. The molecule has 6 heteroatoms. The summed E-state index contributed by atoms with van der Waals surface area (Å²) in [5, 5.41) is 0. The first-order valence-electron chi connectivity index (χ1n) is 8.43. The SMILES string of the molecule is O=C(CCCn1ccccc1=O)N1CCC(c2c(F)cccc2F)C1. The van der Waals surface area contributed by atoms with Crippen LogP contribution in [0.2, 0.25) is 0 Å². The third-order valence-electron chi connectivity index (χ3n) is 4.64. The van der Waals surface area contributed by atoms with Crippen LogP contribution in [-0.2, 0) is 11.3 Å². The van der Waals surface area contributed by atoms with Gasteiger partial charge in [0, 0.05) is 49.8 Å². The molecule has 1 aliphatic rings. The summed E-state index contributed by atoms with van der Waals surface area (Å²) in [4.78, 5) is 25.6. The summed E-state index contributed by atoms with van der Waals surface area (Å²) in [5.74, 6) is -1.45. The number of likely N-dealkylation sites (tertiary alicyclic amines) is 1. The number of amides is 1. The Hall–Kier alpha value is -2.50. The fraction of sp³-hybridized carbons (Fsp3) is 0.368. The van der Waals surface area contributed by atoms with Gasteiger partial charge in [0.2, 0.25) is 11.5 Å². The number of benzene rings is 1. The van der Waals surface area contributed by atoms with Crippen molar-refractivity contribution in [3.05, 3.63) is 70.1 Å². The van der Waals surface area contributed by atoms with Crippen LogP contribution in [0.4, 0.5) is 8.78 Å². The molecule has 1 amide bonds. The van der Waals surface area contributed by atoms with Gasteiger partial charge in [-0.2, -0.15) is 0 Å². The van der Waals surface area contributed by atoms with Gasteiger partial charge in [-0.25, -0.2) is 8.78 Å². The van der Waals surface area contributed by atoms with Crippen molar-refractivity contribution in [2.75, 3.05) is 13.1 Å². The number of hydrogen-bond donors (Lipinski definition) is 0. The maximum Gasteiger partial charge on any atom is 0.250 e. The second-order valence-corrected chi connectivity index (χ2v) is 6.30. The van der Waals surface area contributed by atoms with Crippen molar-refractivity contribution >= 4 is 5.91 Å². The first-order chi connectivity index (χ1) is 12.1. The van der Waals surface area contributed by atoms with Gasteiger partial charge in [0.05, 0.1) is 0 Å². The first-order valence-corrected chi connectivity index (χ1v) is 8.43. The molecule has 1 aromatic heterocycles. The fourth-order valence-electron chi connectivity index (χ4n) is 3.33. The van der Waals surface area contributed by atoms with Crippen LogP contribution in [0.5, 0.6) is 0 Å². The van der Waals surface area contributed by atoms with Crippen molar-refractivity contribution in [2.24, 2.45) is 0 Å². The van der Waals surface area contributed by atoms with Gasteiger partial charge in [-0.1, -0.05) is 12.1 Å². The van der Waals surface area contributed by atoms with Crippen molar-refractivity contribution in [1.82, 2.24) is 9.47 Å². The van der Waals surface area contributed by atoms with Crippen LogP contribution in [-0.4, -0.2) is 28.5 Å². The third-order valence-corrected chi connectivity index (χ3v) is 4.64. The lowest BCUT2D eigenvalue weighted by Gasteiger charge is -2.17. The molecule has 3 rings (SSSR count). The highest BCUT2D eigenvalue weighted by molar-refractivity contribution is 5.76. The van der Waals surface area contributed by atoms with Crippen LogP contribution in [0, 0.1) is 11.6 Å². The highest BCUT2D eigenvalue weighted by Crippen LogP contribution is 2.31. The number of nitrogens with zero attached hydrogens (tertiary/aromatic N) is 2. The minimum absolute atomic E-state index is 0.0387. The molecule has 1 saturated heterocycles. The van der Waals surface area contributed by atoms with Crippen molar-refractivity contribution in [3.63, 3.8) is 0 Å². The van der Waals surface area contributed by atoms with Gasteiger partial charge < -0.3 is 9.47 Å². The van der Waals surface area contributed by atoms with E-state index >= 15 is 0 Å². The van der Waals surface area contributed by atoms with E-state index in [0.29, 0.717) is 38.9 Å². The zero-order valence-corrected chi connectivity index (χ0v) is 13.8. The molecule has 4 nitrogen and oxygen atoms in total. The quantitative estimate of drug-likeness (QED) is 0.835. The molecule has 0 saturated carbocycles. The van der Waals surface area contributed by atoms with E-state index in [1.807, 2.05) is 0 Å². The summed E-state index contributed by atoms with van der Waals surface area (Å²) in [7, 11) is 0. The Morgan fingerprint density at radius 1 is 1.12 bits per heavy atom. The van der Waals surface area contributed by atoms with Crippen molar-refractivity contribution in [1.29, 1.82) is 0 Å². The number of carbonyl (C=O) groups is 1. The second-order valence-electron chi connectivity index (χ2n) is 6.30. The maximum absolute atomic E-state index is 13.9. The predicted molar refractivity (Wildman–Crippen MR) is 90.2 cm³/mol. The number of carbonyl (C=O) groups excluding carboxylic acids is 1. The fourth-order valence-corrected chi connectivity index (χ4v) is 3.33. The van der Waals surface area contributed by atoms with Crippen molar-refractivity contribution < 1.29 is 13.6 Å². The molecule has 0 bridgehead atoms. The number of pyridine rings is 1. The molecular formula is C19H20F2N2O2. The Balaban J connectivity index is 1.54. The Labute approximate surface area is 144 Å². The number of hydrogen-bond acceptors (Lipinski definition) is 2. The zero-order valence-electron chi connectivity index (χ0n) is 13.8. The van der Waals surface area contributed by atoms with Crippen LogP contribution >= 0.6 is 0 Å². The zero-order chi connectivity index (χ0) is 17.8. The van der Waals surface area contributed by atoms with Crippen LogP contribution in [0.3, 0.4) is 0 Å². The lowest BCUT2D eigenvalue weighted by molar-refractivity contribution is -0.130. The lowest BCUT2D eigenvalue weighted by Crippen LogP contribution is -2.29. The smallest absolute Gasteiger partial charge is 0.250 e. The molecule has 1 fully saturated rings. The van der Waals surface area contributed by atoms with E-state index in [0.717, 1.165) is 0 Å². The van der Waals surface area contributed by atoms with Crippen LogP contribution in [0.1, 0.15) is 30.7 Å². The average molecular weight is 346 g/mol. The number of aromatic nitrogens is 1. The number of rotatable bonds is 5. The Bertz CT molecular complexity index is 799. The number of halogens is 2. The van der Waals surface area contributed by atoms with Gasteiger partial charge in [0.15, 0.2) is 0 Å². The van der Waals surface area contributed by atoms with E-state index in [-0.39, 0.29) is 22.9 Å². The Morgan fingerprint density at radius 3 is 2.60 bits per heavy atom. The molecule has 1 aliphatic heterocycles. The summed E-state index contributed by atoms with van der Waals surface area (Å²) in [6, 6.07) is 8.78. The van der Waals surface area contributed by atoms with Gasteiger partial charge in [-0.3, -0.25) is 9.59 Å². The van der Waals surface area contributed by atoms with Gasteiger partial charge in [0.25, 0.3) is 0 Å². The van der Waals surface area contributed by atoms with Gasteiger partial charge in [0.1, 0.15) is 11.6 Å². The molecular weight excluding hydrogens is 326 g/mol. The van der Waals surface area contributed by atoms with Gasteiger partial charge in [-0.05, 0) is 31.0 Å². The van der Waals surface area contributed by atoms with E-state index in [9.17, 15) is 18.4 Å². The molecule has 2 aromatic rings. The summed E-state index contributed by atoms with van der Waals surface area (Å²) in [6.07, 6.45) is 3.12. The molecule has 132 valence electrons. The molecule has 0 spiro atoms. The lowest BCUT2D eigenvalue weighted by atomic mass is 9.97. The van der Waals surface area contributed by atoms with Gasteiger partial charge in [-0.15, -0.1) is 0 Å². The Morgan fingerprint density at radius 2 is 1.88 bits per heavy atom. The van der Waals surface area contributed by atoms with E-state index in [4.69, 9.17) is 0 Å². The Kier molecular flexibility index (Phi) is 5.26. The van der Waals surface area contributed by atoms with Crippen molar-refractivity contribution in [2.45, 2.75) is 31.7 Å². The molecule has 2 heterocycles. The van der Waals surface area contributed by atoms with E-state index < -0.39 is 11.6 Å². The third kappa shape index (κ3) is 3.95. The standard InChI is InChI=1S/C19H20F2N2O2/c20-15-5-3-6-16(21)19(15)14-9-12-23(13-14)18(25)8-4-11-22-10-2-1-7-17(22)24/h1-3,5-7,10,14H,4,8-9,11-13H2. The molecule has 0 radical (unpaired) electrons. The first kappa shape index (κ1) is 17.3. The second kappa shape index (κ2) is 7.59. The largest absolute Gasteiger partial charge is 0.342 e. The van der Waals surface area contributed by atoms with Crippen LogP contribution in [0.15, 0.2) is 47.4 Å². The average Bonchev–Trinajstić information content (AvgIpc) is 3.06. The molecule has 1 atom stereocenters. The molecule has 1 aromatic carbocycles. The van der Waals surface area contributed by atoms with Crippen LogP contribution < -0.4 is 5.56 Å². The maximum atomic E-state index is 13.9. The van der Waals surface area contributed by atoms with E-state index in [1.54, 1.807) is 27.8 Å². The predicted octanol–water partition coefficient (Wildman–Crippen LogP) is 2.92.